The van der Waals surface area contributed by atoms with Gasteiger partial charge in [0.25, 0.3) is 0 Å². The minimum atomic E-state index is -0.511. The number of amides is 1. The number of carbonyl (C=O) groups is 2. The van der Waals surface area contributed by atoms with Gasteiger partial charge in [-0.15, -0.1) is 0 Å². The number of carbonyl (C=O) groups excluding carboxylic acids is 2. The van der Waals surface area contributed by atoms with Gasteiger partial charge in [0.2, 0.25) is 5.91 Å². The average molecular weight is 239 g/mol. The topological polar surface area (TPSA) is 46.6 Å². The van der Waals surface area contributed by atoms with Gasteiger partial charge in [0.15, 0.2) is 0 Å². The second kappa shape index (κ2) is 5.34. The zero-order valence-corrected chi connectivity index (χ0v) is 10.9. The van der Waals surface area contributed by atoms with Crippen LogP contribution in [0, 0.1) is 0 Å². The lowest BCUT2D eigenvalue weighted by Gasteiger charge is -2.24. The highest BCUT2D eigenvalue weighted by atomic mass is 16.6. The fraction of sp³-hybridized carbons (Fsp3) is 0.692. The molecule has 0 N–H and O–H groups in total. The fourth-order valence-corrected chi connectivity index (χ4v) is 1.75. The van der Waals surface area contributed by atoms with E-state index in [0.717, 1.165) is 19.3 Å². The van der Waals surface area contributed by atoms with Gasteiger partial charge in [-0.25, -0.2) is 0 Å². The van der Waals surface area contributed by atoms with Crippen molar-refractivity contribution in [2.24, 2.45) is 0 Å². The molecule has 96 valence electrons. The molecular weight excluding hydrogens is 218 g/mol. The van der Waals surface area contributed by atoms with Crippen molar-refractivity contribution in [1.29, 1.82) is 0 Å². The summed E-state index contributed by atoms with van der Waals surface area (Å²) in [5.41, 5.74) is 0.0780. The quantitative estimate of drug-likeness (QED) is 0.546. The largest absolute Gasteiger partial charge is 0.459 e. The van der Waals surface area contributed by atoms with E-state index in [1.54, 1.807) is 0 Å². The molecule has 4 heteroatoms. The van der Waals surface area contributed by atoms with Gasteiger partial charge in [0, 0.05) is 12.1 Å². The first-order valence-electron chi connectivity index (χ1n) is 5.98. The molecule has 0 spiro atoms. The summed E-state index contributed by atoms with van der Waals surface area (Å²) in [7, 11) is 0. The standard InChI is InChI=1S/C13H21NO3/c1-10-7-5-6-8-14(12(10)16)9-11(15)17-13(2,3)4/h1,5-9H2,2-4H3. The Hall–Kier alpha value is -1.32. The van der Waals surface area contributed by atoms with Crippen molar-refractivity contribution in [2.45, 2.75) is 45.6 Å². The van der Waals surface area contributed by atoms with E-state index in [1.165, 1.54) is 4.90 Å². The van der Waals surface area contributed by atoms with E-state index in [2.05, 4.69) is 6.58 Å². The van der Waals surface area contributed by atoms with Crippen LogP contribution in [-0.4, -0.2) is 35.5 Å². The van der Waals surface area contributed by atoms with Crippen LogP contribution in [-0.2, 0) is 14.3 Å². The maximum atomic E-state index is 11.9. The van der Waals surface area contributed by atoms with Crippen molar-refractivity contribution in [3.05, 3.63) is 12.2 Å². The number of esters is 1. The van der Waals surface area contributed by atoms with Gasteiger partial charge < -0.3 is 9.64 Å². The Morgan fingerprint density at radius 2 is 2.06 bits per heavy atom. The summed E-state index contributed by atoms with van der Waals surface area (Å²) in [6.07, 6.45) is 2.59. The zero-order valence-electron chi connectivity index (χ0n) is 10.9. The van der Waals surface area contributed by atoms with Gasteiger partial charge >= 0.3 is 5.97 Å². The second-order valence-electron chi connectivity index (χ2n) is 5.37. The summed E-state index contributed by atoms with van der Waals surface area (Å²) in [6, 6.07) is 0. The summed E-state index contributed by atoms with van der Waals surface area (Å²) in [5.74, 6) is -0.478. The average Bonchev–Trinajstić information content (AvgIpc) is 2.30. The Labute approximate surface area is 103 Å². The molecule has 0 bridgehead atoms. The molecule has 0 aromatic carbocycles. The predicted octanol–water partition coefficient (Wildman–Crippen LogP) is 1.90. The molecular formula is C13H21NO3. The molecule has 0 unspecified atom stereocenters. The van der Waals surface area contributed by atoms with Crippen LogP contribution in [0.15, 0.2) is 12.2 Å². The summed E-state index contributed by atoms with van der Waals surface area (Å²) in [5, 5.41) is 0. The molecule has 1 rings (SSSR count). The molecule has 0 saturated carbocycles. The minimum absolute atomic E-state index is 0.0229. The number of hydrogen-bond donors (Lipinski definition) is 0. The van der Waals surface area contributed by atoms with Crippen molar-refractivity contribution >= 4 is 11.9 Å². The molecule has 0 aliphatic carbocycles. The van der Waals surface area contributed by atoms with Gasteiger partial charge in [-0.2, -0.15) is 0 Å². The van der Waals surface area contributed by atoms with E-state index in [-0.39, 0.29) is 18.4 Å². The zero-order chi connectivity index (χ0) is 13.1. The van der Waals surface area contributed by atoms with Crippen LogP contribution in [0.3, 0.4) is 0 Å². The first-order valence-corrected chi connectivity index (χ1v) is 5.98. The summed E-state index contributed by atoms with van der Waals surface area (Å²) in [6.45, 7) is 9.82. The molecule has 1 fully saturated rings. The monoisotopic (exact) mass is 239 g/mol. The van der Waals surface area contributed by atoms with E-state index in [9.17, 15) is 9.59 Å². The van der Waals surface area contributed by atoms with Crippen molar-refractivity contribution in [1.82, 2.24) is 4.90 Å². The van der Waals surface area contributed by atoms with Gasteiger partial charge in [-0.3, -0.25) is 9.59 Å². The Balaban J connectivity index is 2.57. The Morgan fingerprint density at radius 3 is 2.65 bits per heavy atom. The molecule has 1 amide bonds. The lowest BCUT2D eigenvalue weighted by molar-refractivity contribution is -0.158. The Kier molecular flexibility index (Phi) is 4.32. The lowest BCUT2D eigenvalue weighted by atomic mass is 10.1. The number of likely N-dealkylation sites (tertiary alicyclic amines) is 1. The van der Waals surface area contributed by atoms with E-state index >= 15 is 0 Å². The van der Waals surface area contributed by atoms with Crippen LogP contribution in [0.4, 0.5) is 0 Å². The van der Waals surface area contributed by atoms with Crippen LogP contribution >= 0.6 is 0 Å². The number of rotatable bonds is 2. The Morgan fingerprint density at radius 1 is 1.41 bits per heavy atom. The second-order valence-corrected chi connectivity index (χ2v) is 5.37. The van der Waals surface area contributed by atoms with E-state index in [1.807, 2.05) is 20.8 Å². The van der Waals surface area contributed by atoms with E-state index in [0.29, 0.717) is 12.1 Å². The van der Waals surface area contributed by atoms with Crippen LogP contribution in [0.25, 0.3) is 0 Å². The molecule has 0 aromatic rings. The van der Waals surface area contributed by atoms with Crippen LogP contribution < -0.4 is 0 Å². The summed E-state index contributed by atoms with van der Waals surface area (Å²) >= 11 is 0. The highest BCUT2D eigenvalue weighted by Gasteiger charge is 2.24. The Bertz CT molecular complexity index is 328. The summed E-state index contributed by atoms with van der Waals surface area (Å²) in [4.78, 5) is 25.0. The third kappa shape index (κ3) is 4.59. The molecule has 0 aromatic heterocycles. The van der Waals surface area contributed by atoms with Crippen molar-refractivity contribution < 1.29 is 14.3 Å². The van der Waals surface area contributed by atoms with Crippen molar-refractivity contribution in [3.63, 3.8) is 0 Å². The third-order valence-corrected chi connectivity index (χ3v) is 2.49. The minimum Gasteiger partial charge on any atom is -0.459 e. The van der Waals surface area contributed by atoms with Crippen molar-refractivity contribution in [3.8, 4) is 0 Å². The first kappa shape index (κ1) is 13.7. The van der Waals surface area contributed by atoms with Crippen LogP contribution in [0.1, 0.15) is 40.0 Å². The first-order chi connectivity index (χ1) is 7.79. The number of ether oxygens (including phenoxy) is 1. The highest BCUT2D eigenvalue weighted by Crippen LogP contribution is 2.16. The molecule has 17 heavy (non-hydrogen) atoms. The molecule has 0 atom stereocenters. The van der Waals surface area contributed by atoms with Gasteiger partial charge in [-0.05, 0) is 40.0 Å². The molecule has 1 aliphatic heterocycles. The third-order valence-electron chi connectivity index (χ3n) is 2.49. The number of nitrogens with zero attached hydrogens (tertiary/aromatic N) is 1. The molecule has 0 radical (unpaired) electrons. The maximum absolute atomic E-state index is 11.9. The van der Waals surface area contributed by atoms with E-state index < -0.39 is 5.60 Å². The van der Waals surface area contributed by atoms with Crippen molar-refractivity contribution in [2.75, 3.05) is 13.1 Å². The lowest BCUT2D eigenvalue weighted by Crippen LogP contribution is -2.38. The van der Waals surface area contributed by atoms with Gasteiger partial charge in [0.05, 0.1) is 0 Å². The normalized spacial score (nSPS) is 17.9. The van der Waals surface area contributed by atoms with Gasteiger partial charge in [0.1, 0.15) is 12.1 Å². The SMILES string of the molecule is C=C1CCCCN(CC(=O)OC(C)(C)C)C1=O. The fourth-order valence-electron chi connectivity index (χ4n) is 1.75. The molecule has 4 nitrogen and oxygen atoms in total. The van der Waals surface area contributed by atoms with Gasteiger partial charge in [-0.1, -0.05) is 6.58 Å². The molecule has 1 heterocycles. The van der Waals surface area contributed by atoms with Crippen LogP contribution in [0.2, 0.25) is 0 Å². The van der Waals surface area contributed by atoms with E-state index in [4.69, 9.17) is 4.74 Å². The smallest absolute Gasteiger partial charge is 0.326 e. The number of hydrogen-bond acceptors (Lipinski definition) is 3. The molecule has 1 saturated heterocycles. The summed E-state index contributed by atoms with van der Waals surface area (Å²) < 4.78 is 5.20. The molecule has 1 aliphatic rings. The van der Waals surface area contributed by atoms with Crippen LogP contribution in [0.5, 0.6) is 0 Å². The maximum Gasteiger partial charge on any atom is 0.326 e. The highest BCUT2D eigenvalue weighted by molar-refractivity contribution is 5.94. The predicted molar refractivity (Wildman–Crippen MR) is 65.4 cm³/mol.